The number of barbiturate groups is 1. The molecule has 0 spiro atoms. The minimum absolute atomic E-state index is 0.139. The first-order valence-corrected chi connectivity index (χ1v) is 12.0. The molecule has 0 radical (unpaired) electrons. The van der Waals surface area contributed by atoms with Gasteiger partial charge in [0.15, 0.2) is 0 Å². The lowest BCUT2D eigenvalue weighted by molar-refractivity contribution is -0.148. The molecule has 1 aromatic carbocycles. The van der Waals surface area contributed by atoms with Crippen LogP contribution in [-0.2, 0) is 14.4 Å². The predicted molar refractivity (Wildman–Crippen MR) is 128 cm³/mol. The van der Waals surface area contributed by atoms with Crippen LogP contribution in [0.25, 0.3) is 0 Å². The Morgan fingerprint density at radius 3 is 2.09 bits per heavy atom. The van der Waals surface area contributed by atoms with Crippen molar-refractivity contribution in [2.45, 2.75) is 64.3 Å². The molecule has 0 aromatic heterocycles. The lowest BCUT2D eigenvalue weighted by Crippen LogP contribution is -2.83. The van der Waals surface area contributed by atoms with Crippen LogP contribution >= 0.6 is 0 Å². The lowest BCUT2D eigenvalue weighted by atomic mass is 9.82. The summed E-state index contributed by atoms with van der Waals surface area (Å²) < 4.78 is 0.139. The number of nitrogens with one attached hydrogen (secondary N) is 4. The number of urea groups is 1. The molecule has 9 heteroatoms. The van der Waals surface area contributed by atoms with E-state index in [4.69, 9.17) is 0 Å². The van der Waals surface area contributed by atoms with Crippen molar-refractivity contribution in [3.05, 3.63) is 24.3 Å². The van der Waals surface area contributed by atoms with Crippen molar-refractivity contribution in [3.8, 4) is 0 Å². The number of anilines is 1. The Bertz CT molecular complexity index is 857. The van der Waals surface area contributed by atoms with E-state index in [1.807, 2.05) is 12.1 Å². The number of unbranched alkanes of at least 4 members (excludes halogenated alkanes) is 5. The van der Waals surface area contributed by atoms with E-state index in [-0.39, 0.29) is 10.4 Å². The van der Waals surface area contributed by atoms with Gasteiger partial charge < -0.3 is 10.6 Å². The van der Waals surface area contributed by atoms with Crippen molar-refractivity contribution < 1.29 is 19.2 Å². The molecular weight excluding hydrogens is 422 g/mol. The van der Waals surface area contributed by atoms with Crippen molar-refractivity contribution in [2.24, 2.45) is 0 Å². The Labute approximate surface area is 195 Å². The van der Waals surface area contributed by atoms with Gasteiger partial charge in [0, 0.05) is 44.3 Å². The molecule has 1 aromatic rings. The molecule has 3 rings (SSSR count). The maximum Gasteiger partial charge on any atom is 0.328 e. The van der Waals surface area contributed by atoms with E-state index in [1.165, 1.54) is 13.3 Å². The van der Waals surface area contributed by atoms with Gasteiger partial charge in [0.05, 0.1) is 13.1 Å². The molecule has 0 saturated carbocycles. The third kappa shape index (κ3) is 5.09. The summed E-state index contributed by atoms with van der Waals surface area (Å²) >= 11 is 0. The lowest BCUT2D eigenvalue weighted by Gasteiger charge is -2.53. The average Bonchev–Trinajstić information content (AvgIpc) is 2.78. The van der Waals surface area contributed by atoms with Crippen LogP contribution in [0.4, 0.5) is 16.2 Å². The van der Waals surface area contributed by atoms with Crippen molar-refractivity contribution in [3.63, 3.8) is 0 Å². The molecule has 4 N–H and O–H groups in total. The van der Waals surface area contributed by atoms with Crippen molar-refractivity contribution in [1.82, 2.24) is 20.4 Å². The van der Waals surface area contributed by atoms with Gasteiger partial charge in [0.1, 0.15) is 5.69 Å². The normalized spacial score (nSPS) is 19.5. The second-order valence-corrected chi connectivity index (χ2v) is 9.01. The molecule has 33 heavy (non-hydrogen) atoms. The number of carbonyl (C=O) groups excluding carboxylic acids is 4. The number of amides is 5. The highest BCUT2D eigenvalue weighted by atomic mass is 16.2. The van der Waals surface area contributed by atoms with Gasteiger partial charge in [-0.2, -0.15) is 0 Å². The first-order valence-electron chi connectivity index (χ1n) is 12.0. The number of benzene rings is 1. The summed E-state index contributed by atoms with van der Waals surface area (Å²) in [5.41, 5.74) is 0.0319. The first kappa shape index (κ1) is 24.9. The van der Waals surface area contributed by atoms with Gasteiger partial charge in [0.25, 0.3) is 17.4 Å². The maximum absolute atomic E-state index is 13.5. The van der Waals surface area contributed by atoms with Crippen LogP contribution in [0.1, 0.15) is 58.8 Å². The zero-order valence-electron chi connectivity index (χ0n) is 19.7. The van der Waals surface area contributed by atoms with Gasteiger partial charge in [0.2, 0.25) is 5.91 Å². The van der Waals surface area contributed by atoms with E-state index in [0.29, 0.717) is 38.3 Å². The fraction of sp³-hybridized carbons (Fsp3) is 0.583. The second-order valence-electron chi connectivity index (χ2n) is 9.01. The standard InChI is InChI=1S/C24H35N5O4/c1-3-4-5-6-7-8-13-24(21(31)27-23(33)28-22(24)32)29(16-14-25-15-17-29)20-11-9-19(10-12-20)26-18(2)30/h9-12,25H,3-8,13-17H2,1-2H3,(H2-,26,27,28,30,31,32,33)/p+1. The maximum atomic E-state index is 13.5. The SMILES string of the molecule is CCCCCCCCC1([N+]2(c3ccc(NC(C)=O)cc3)CCNCC2)C(=O)NC(=O)NC1=O. The van der Waals surface area contributed by atoms with Crippen LogP contribution in [0, 0.1) is 0 Å². The summed E-state index contributed by atoms with van der Waals surface area (Å²) in [6.45, 7) is 5.95. The van der Waals surface area contributed by atoms with Crippen molar-refractivity contribution >= 4 is 35.1 Å². The number of hydrogen-bond donors (Lipinski definition) is 4. The van der Waals surface area contributed by atoms with Gasteiger partial charge in [-0.25, -0.2) is 4.79 Å². The average molecular weight is 459 g/mol. The third-order valence-corrected chi connectivity index (χ3v) is 6.85. The fourth-order valence-electron chi connectivity index (χ4n) is 5.21. The minimum atomic E-state index is -1.43. The molecule has 2 aliphatic rings. The molecule has 180 valence electrons. The number of nitrogens with zero attached hydrogens (tertiary/aromatic N) is 1. The van der Waals surface area contributed by atoms with Crippen LogP contribution in [-0.4, -0.2) is 55.5 Å². The number of imide groups is 2. The minimum Gasteiger partial charge on any atom is -0.326 e. The number of quaternary nitrogens is 1. The Hall–Kier alpha value is -2.78. The summed E-state index contributed by atoms with van der Waals surface area (Å²) in [6.07, 6.45) is 6.52. The van der Waals surface area contributed by atoms with E-state index in [1.54, 1.807) is 12.1 Å². The van der Waals surface area contributed by atoms with E-state index >= 15 is 0 Å². The summed E-state index contributed by atoms with van der Waals surface area (Å²) in [4.78, 5) is 50.4. The number of carbonyl (C=O) groups is 4. The Balaban J connectivity index is 1.99. The van der Waals surface area contributed by atoms with Crippen LogP contribution in [0.3, 0.4) is 0 Å². The van der Waals surface area contributed by atoms with E-state index in [0.717, 1.165) is 37.8 Å². The fourth-order valence-corrected chi connectivity index (χ4v) is 5.21. The third-order valence-electron chi connectivity index (χ3n) is 6.85. The van der Waals surface area contributed by atoms with Crippen molar-refractivity contribution in [2.75, 3.05) is 31.5 Å². The quantitative estimate of drug-likeness (QED) is 0.244. The highest BCUT2D eigenvalue weighted by Crippen LogP contribution is 2.40. The molecule has 0 unspecified atom stereocenters. The highest BCUT2D eigenvalue weighted by Gasteiger charge is 2.65. The molecular formula is C24H36N5O4+. The first-order chi connectivity index (χ1) is 15.9. The smallest absolute Gasteiger partial charge is 0.326 e. The summed E-state index contributed by atoms with van der Waals surface area (Å²) in [5, 5.41) is 10.9. The Kier molecular flexibility index (Phi) is 8.20. The van der Waals surface area contributed by atoms with Crippen molar-refractivity contribution in [1.29, 1.82) is 0 Å². The molecule has 0 atom stereocenters. The predicted octanol–water partition coefficient (Wildman–Crippen LogP) is 2.41. The topological polar surface area (TPSA) is 116 Å². The summed E-state index contributed by atoms with van der Waals surface area (Å²) in [5.74, 6) is -1.23. The molecule has 2 fully saturated rings. The zero-order valence-corrected chi connectivity index (χ0v) is 19.7. The second kappa shape index (κ2) is 10.9. The molecule has 0 aliphatic carbocycles. The van der Waals surface area contributed by atoms with E-state index in [2.05, 4.69) is 28.2 Å². The van der Waals surface area contributed by atoms with Crippen LogP contribution < -0.4 is 25.8 Å². The molecule has 2 aliphatic heterocycles. The van der Waals surface area contributed by atoms with Gasteiger partial charge in [-0.3, -0.25) is 29.5 Å². The van der Waals surface area contributed by atoms with Crippen LogP contribution in [0.5, 0.6) is 0 Å². The highest BCUT2D eigenvalue weighted by molar-refractivity contribution is 6.23. The number of piperazine rings is 1. The zero-order chi connectivity index (χ0) is 23.9. The van der Waals surface area contributed by atoms with E-state index in [9.17, 15) is 19.2 Å². The summed E-state index contributed by atoms with van der Waals surface area (Å²) in [6, 6.07) is 6.56. The van der Waals surface area contributed by atoms with Gasteiger partial charge in [-0.05, 0) is 18.6 Å². The van der Waals surface area contributed by atoms with Gasteiger partial charge >= 0.3 is 6.03 Å². The molecule has 9 nitrogen and oxygen atoms in total. The molecule has 0 bridgehead atoms. The van der Waals surface area contributed by atoms with Crippen LogP contribution in [0.2, 0.25) is 0 Å². The van der Waals surface area contributed by atoms with E-state index < -0.39 is 23.4 Å². The Morgan fingerprint density at radius 1 is 0.939 bits per heavy atom. The van der Waals surface area contributed by atoms with Gasteiger partial charge in [-0.1, -0.05) is 39.0 Å². The number of rotatable bonds is 10. The molecule has 2 heterocycles. The van der Waals surface area contributed by atoms with Gasteiger partial charge in [-0.15, -0.1) is 0 Å². The van der Waals surface area contributed by atoms with Crippen LogP contribution in [0.15, 0.2) is 24.3 Å². The molecule has 5 amide bonds. The number of hydrogen-bond acceptors (Lipinski definition) is 5. The summed E-state index contributed by atoms with van der Waals surface area (Å²) in [7, 11) is 0. The Morgan fingerprint density at radius 2 is 1.52 bits per heavy atom. The monoisotopic (exact) mass is 458 g/mol. The molecule has 2 saturated heterocycles. The largest absolute Gasteiger partial charge is 0.328 e.